The van der Waals surface area contributed by atoms with Crippen LogP contribution in [0, 0.1) is 5.92 Å². The predicted molar refractivity (Wildman–Crippen MR) is 91.3 cm³/mol. The Labute approximate surface area is 136 Å². The number of urea groups is 1. The topological polar surface area (TPSA) is 57.5 Å². The maximum absolute atomic E-state index is 12.1. The average molecular weight is 315 g/mol. The van der Waals surface area contributed by atoms with Crippen LogP contribution in [0.3, 0.4) is 0 Å². The number of carbonyl (C=O) groups excluding carboxylic acids is 1. The van der Waals surface area contributed by atoms with Gasteiger partial charge in [-0.05, 0) is 42.7 Å². The Morgan fingerprint density at radius 1 is 1.22 bits per heavy atom. The molecule has 0 radical (unpaired) electrons. The van der Waals surface area contributed by atoms with E-state index in [1.54, 1.807) is 0 Å². The van der Waals surface area contributed by atoms with Crippen molar-refractivity contribution < 1.29 is 9.90 Å². The van der Waals surface area contributed by atoms with Gasteiger partial charge in [0, 0.05) is 44.5 Å². The van der Waals surface area contributed by atoms with Gasteiger partial charge in [-0.3, -0.25) is 0 Å². The number of carbonyl (C=O) groups is 1. The number of piperidine rings is 1. The lowest BCUT2D eigenvalue weighted by Gasteiger charge is -2.31. The third-order valence-corrected chi connectivity index (χ3v) is 4.69. The van der Waals surface area contributed by atoms with Crippen molar-refractivity contribution in [1.29, 1.82) is 0 Å². The van der Waals surface area contributed by atoms with Crippen molar-refractivity contribution in [3.05, 3.63) is 36.5 Å². The SMILES string of the molecule is O=C(NCCCn1ccc2ccccc21)N1CCC(CO)CC1. The van der Waals surface area contributed by atoms with Crippen LogP contribution >= 0.6 is 0 Å². The van der Waals surface area contributed by atoms with E-state index < -0.39 is 0 Å². The van der Waals surface area contributed by atoms with Gasteiger partial charge in [-0.25, -0.2) is 4.79 Å². The van der Waals surface area contributed by atoms with E-state index in [2.05, 4.69) is 40.3 Å². The molecule has 0 atom stereocenters. The van der Waals surface area contributed by atoms with E-state index in [1.165, 1.54) is 10.9 Å². The van der Waals surface area contributed by atoms with Gasteiger partial charge >= 0.3 is 6.03 Å². The van der Waals surface area contributed by atoms with Crippen LogP contribution in [0.2, 0.25) is 0 Å². The Kier molecular flexibility index (Phi) is 5.18. The normalized spacial score (nSPS) is 16.0. The van der Waals surface area contributed by atoms with Gasteiger partial charge in [-0.1, -0.05) is 18.2 Å². The summed E-state index contributed by atoms with van der Waals surface area (Å²) in [5.74, 6) is 0.362. The first-order valence-corrected chi connectivity index (χ1v) is 8.45. The van der Waals surface area contributed by atoms with Gasteiger partial charge in [0.25, 0.3) is 0 Å². The number of benzene rings is 1. The number of fused-ring (bicyclic) bond motifs is 1. The van der Waals surface area contributed by atoms with Crippen molar-refractivity contribution in [2.75, 3.05) is 26.2 Å². The molecule has 1 aliphatic rings. The molecule has 1 saturated heterocycles. The molecule has 1 aromatic heterocycles. The summed E-state index contributed by atoms with van der Waals surface area (Å²) in [4.78, 5) is 14.0. The number of hydrogen-bond acceptors (Lipinski definition) is 2. The van der Waals surface area contributed by atoms with E-state index in [0.29, 0.717) is 12.5 Å². The van der Waals surface area contributed by atoms with E-state index >= 15 is 0 Å². The molecule has 2 heterocycles. The Balaban J connectivity index is 1.40. The monoisotopic (exact) mass is 315 g/mol. The average Bonchev–Trinajstić information content (AvgIpc) is 3.02. The molecule has 2 aromatic rings. The minimum absolute atomic E-state index is 0.0266. The second-order valence-electron chi connectivity index (χ2n) is 6.27. The first-order chi connectivity index (χ1) is 11.3. The molecule has 1 fully saturated rings. The highest BCUT2D eigenvalue weighted by Crippen LogP contribution is 2.16. The van der Waals surface area contributed by atoms with Crippen LogP contribution in [0.1, 0.15) is 19.3 Å². The number of aromatic nitrogens is 1. The summed E-state index contributed by atoms with van der Waals surface area (Å²) in [6.45, 7) is 3.32. The lowest BCUT2D eigenvalue weighted by molar-refractivity contribution is 0.137. The predicted octanol–water partition coefficient (Wildman–Crippen LogP) is 2.45. The molecule has 23 heavy (non-hydrogen) atoms. The summed E-state index contributed by atoms with van der Waals surface area (Å²) < 4.78 is 2.23. The molecule has 2 N–H and O–H groups in total. The Morgan fingerprint density at radius 2 is 2.00 bits per heavy atom. The molecule has 0 bridgehead atoms. The third-order valence-electron chi connectivity index (χ3n) is 4.69. The van der Waals surface area contributed by atoms with Gasteiger partial charge in [0.05, 0.1) is 0 Å². The summed E-state index contributed by atoms with van der Waals surface area (Å²) in [6.07, 6.45) is 4.82. The number of aryl methyl sites for hydroxylation is 1. The first kappa shape index (κ1) is 15.9. The van der Waals surface area contributed by atoms with Crippen molar-refractivity contribution in [3.8, 4) is 0 Å². The van der Waals surface area contributed by atoms with Crippen molar-refractivity contribution >= 4 is 16.9 Å². The van der Waals surface area contributed by atoms with Gasteiger partial charge in [-0.2, -0.15) is 0 Å². The number of hydrogen-bond donors (Lipinski definition) is 2. The zero-order valence-corrected chi connectivity index (χ0v) is 13.4. The smallest absolute Gasteiger partial charge is 0.317 e. The number of aliphatic hydroxyl groups excluding tert-OH is 1. The molecule has 2 amide bonds. The Bertz CT molecular complexity index is 645. The number of nitrogens with one attached hydrogen (secondary N) is 1. The number of nitrogens with zero attached hydrogens (tertiary/aromatic N) is 2. The number of rotatable bonds is 5. The molecule has 0 aliphatic carbocycles. The lowest BCUT2D eigenvalue weighted by atomic mass is 9.98. The molecule has 5 nitrogen and oxygen atoms in total. The van der Waals surface area contributed by atoms with E-state index in [4.69, 9.17) is 5.11 Å². The van der Waals surface area contributed by atoms with Crippen LogP contribution < -0.4 is 5.32 Å². The number of likely N-dealkylation sites (tertiary alicyclic amines) is 1. The standard InChI is InChI=1S/C18H25N3O2/c22-14-15-6-11-21(12-7-15)18(23)19-9-3-10-20-13-8-16-4-1-2-5-17(16)20/h1-2,4-5,8,13,15,22H,3,6-7,9-12,14H2,(H,19,23). The molecular formula is C18H25N3O2. The fourth-order valence-electron chi connectivity index (χ4n) is 3.21. The van der Waals surface area contributed by atoms with E-state index in [9.17, 15) is 4.79 Å². The highest BCUT2D eigenvalue weighted by Gasteiger charge is 2.21. The third kappa shape index (κ3) is 3.85. The van der Waals surface area contributed by atoms with Crippen molar-refractivity contribution in [3.63, 3.8) is 0 Å². The Morgan fingerprint density at radius 3 is 2.78 bits per heavy atom. The highest BCUT2D eigenvalue weighted by molar-refractivity contribution is 5.79. The lowest BCUT2D eigenvalue weighted by Crippen LogP contribution is -2.45. The van der Waals surface area contributed by atoms with Gasteiger partial charge in [0.1, 0.15) is 0 Å². The number of para-hydroxylation sites is 1. The molecule has 3 rings (SSSR count). The summed E-state index contributed by atoms with van der Waals surface area (Å²) in [5, 5.41) is 13.4. The molecular weight excluding hydrogens is 290 g/mol. The molecule has 1 aromatic carbocycles. The first-order valence-electron chi connectivity index (χ1n) is 8.45. The quantitative estimate of drug-likeness (QED) is 0.833. The van der Waals surface area contributed by atoms with Crippen LogP contribution in [-0.2, 0) is 6.54 Å². The van der Waals surface area contributed by atoms with Crippen LogP contribution in [0.5, 0.6) is 0 Å². The zero-order chi connectivity index (χ0) is 16.1. The number of aliphatic hydroxyl groups is 1. The van der Waals surface area contributed by atoms with Crippen molar-refractivity contribution in [2.24, 2.45) is 5.92 Å². The molecule has 0 unspecified atom stereocenters. The number of amides is 2. The summed E-state index contributed by atoms with van der Waals surface area (Å²) in [7, 11) is 0. The largest absolute Gasteiger partial charge is 0.396 e. The molecule has 1 aliphatic heterocycles. The molecule has 5 heteroatoms. The van der Waals surface area contributed by atoms with Crippen LogP contribution in [-0.4, -0.2) is 46.8 Å². The summed E-state index contributed by atoms with van der Waals surface area (Å²) >= 11 is 0. The van der Waals surface area contributed by atoms with Crippen molar-refractivity contribution in [1.82, 2.24) is 14.8 Å². The maximum Gasteiger partial charge on any atom is 0.317 e. The minimum Gasteiger partial charge on any atom is -0.396 e. The van der Waals surface area contributed by atoms with Crippen LogP contribution in [0.25, 0.3) is 10.9 Å². The van der Waals surface area contributed by atoms with E-state index in [-0.39, 0.29) is 12.6 Å². The van der Waals surface area contributed by atoms with Gasteiger partial charge < -0.3 is 19.9 Å². The zero-order valence-electron chi connectivity index (χ0n) is 13.4. The fraction of sp³-hybridized carbons (Fsp3) is 0.500. The fourth-order valence-corrected chi connectivity index (χ4v) is 3.21. The molecule has 124 valence electrons. The highest BCUT2D eigenvalue weighted by atomic mass is 16.3. The molecule has 0 spiro atoms. The summed E-state index contributed by atoms with van der Waals surface area (Å²) in [6, 6.07) is 10.5. The van der Waals surface area contributed by atoms with Crippen molar-refractivity contribution in [2.45, 2.75) is 25.8 Å². The minimum atomic E-state index is 0.0266. The second-order valence-corrected chi connectivity index (χ2v) is 6.27. The second kappa shape index (κ2) is 7.51. The van der Waals surface area contributed by atoms with Crippen LogP contribution in [0.15, 0.2) is 36.5 Å². The van der Waals surface area contributed by atoms with Gasteiger partial charge in [-0.15, -0.1) is 0 Å². The van der Waals surface area contributed by atoms with E-state index in [0.717, 1.165) is 38.9 Å². The van der Waals surface area contributed by atoms with Gasteiger partial charge in [0.15, 0.2) is 0 Å². The molecule has 0 saturated carbocycles. The Hall–Kier alpha value is -2.01. The van der Waals surface area contributed by atoms with Crippen LogP contribution in [0.4, 0.5) is 4.79 Å². The van der Waals surface area contributed by atoms with Gasteiger partial charge in [0.2, 0.25) is 0 Å². The summed E-state index contributed by atoms with van der Waals surface area (Å²) in [5.41, 5.74) is 1.24. The van der Waals surface area contributed by atoms with E-state index in [1.807, 2.05) is 11.0 Å². The maximum atomic E-state index is 12.1.